The molecule has 0 aliphatic rings. The molecule has 0 saturated carbocycles. The number of hydrogen-bond donors (Lipinski definition) is 1. The molecular formula is C12H12N6OS. The molecule has 1 N–H and O–H groups in total. The van der Waals surface area contributed by atoms with Crippen LogP contribution in [0.25, 0.3) is 5.65 Å². The van der Waals surface area contributed by atoms with Gasteiger partial charge < -0.3 is 5.32 Å². The number of nitrogens with one attached hydrogen (secondary N) is 1. The fourth-order valence-corrected chi connectivity index (χ4v) is 2.51. The maximum atomic E-state index is 12.0. The normalized spacial score (nSPS) is 10.9. The van der Waals surface area contributed by atoms with Gasteiger partial charge in [0.05, 0.1) is 17.4 Å². The number of carbonyl (C=O) groups excluding carboxylic acids is 1. The summed E-state index contributed by atoms with van der Waals surface area (Å²) in [4.78, 5) is 16.4. The van der Waals surface area contributed by atoms with Crippen LogP contribution in [0, 0.1) is 20.8 Å². The first-order chi connectivity index (χ1) is 9.54. The monoisotopic (exact) mass is 288 g/mol. The Hall–Kier alpha value is -2.35. The Morgan fingerprint density at radius 3 is 2.75 bits per heavy atom. The summed E-state index contributed by atoms with van der Waals surface area (Å²) < 4.78 is 9.63. The summed E-state index contributed by atoms with van der Waals surface area (Å²) in [6, 6.07) is 3.66. The largest absolute Gasteiger partial charge is 0.304 e. The topological polar surface area (TPSA) is 85.1 Å². The number of carbonyl (C=O) groups is 1. The second kappa shape index (κ2) is 4.64. The molecular weight excluding hydrogens is 276 g/mol. The van der Waals surface area contributed by atoms with Gasteiger partial charge in [0.1, 0.15) is 0 Å². The van der Waals surface area contributed by atoms with Crippen LogP contribution in [0.4, 0.5) is 5.82 Å². The molecule has 3 aromatic rings. The molecule has 0 saturated heterocycles. The average Bonchev–Trinajstić information content (AvgIpc) is 2.95. The van der Waals surface area contributed by atoms with Gasteiger partial charge in [-0.1, -0.05) is 0 Å². The Balaban J connectivity index is 1.94. The predicted octanol–water partition coefficient (Wildman–Crippen LogP) is 1.76. The van der Waals surface area contributed by atoms with Crippen LogP contribution in [0.3, 0.4) is 0 Å². The lowest BCUT2D eigenvalue weighted by Crippen LogP contribution is -2.14. The van der Waals surface area contributed by atoms with E-state index in [1.165, 1.54) is 0 Å². The zero-order valence-corrected chi connectivity index (χ0v) is 12.0. The number of aryl methyl sites for hydroxylation is 3. The molecule has 0 spiro atoms. The minimum Gasteiger partial charge on any atom is -0.304 e. The number of anilines is 1. The molecule has 0 bridgehead atoms. The quantitative estimate of drug-likeness (QED) is 0.776. The number of rotatable bonds is 2. The molecule has 0 aliphatic heterocycles. The van der Waals surface area contributed by atoms with Crippen molar-refractivity contribution in [2.75, 3.05) is 5.32 Å². The van der Waals surface area contributed by atoms with Crippen LogP contribution >= 0.6 is 11.7 Å². The third-order valence-corrected chi connectivity index (χ3v) is 3.46. The van der Waals surface area contributed by atoms with Gasteiger partial charge in [0.2, 0.25) is 0 Å². The van der Waals surface area contributed by atoms with E-state index in [0.29, 0.717) is 22.9 Å². The number of aromatic nitrogens is 5. The van der Waals surface area contributed by atoms with E-state index in [0.717, 1.165) is 23.1 Å². The highest BCUT2D eigenvalue weighted by atomic mass is 32.1. The van der Waals surface area contributed by atoms with E-state index in [1.807, 2.05) is 19.9 Å². The van der Waals surface area contributed by atoms with Crippen molar-refractivity contribution in [3.63, 3.8) is 0 Å². The zero-order valence-electron chi connectivity index (χ0n) is 11.2. The van der Waals surface area contributed by atoms with Gasteiger partial charge in [0.25, 0.3) is 5.91 Å². The third-order valence-electron chi connectivity index (χ3n) is 2.84. The summed E-state index contributed by atoms with van der Waals surface area (Å²) in [7, 11) is 0. The van der Waals surface area contributed by atoms with Crippen LogP contribution in [-0.2, 0) is 0 Å². The molecule has 8 heteroatoms. The van der Waals surface area contributed by atoms with Gasteiger partial charge in [0, 0.05) is 17.5 Å². The van der Waals surface area contributed by atoms with Gasteiger partial charge in [-0.2, -0.15) is 8.75 Å². The minimum absolute atomic E-state index is 0.311. The number of fused-ring (bicyclic) bond motifs is 1. The molecule has 102 valence electrons. The van der Waals surface area contributed by atoms with E-state index in [4.69, 9.17) is 0 Å². The molecule has 3 heterocycles. The molecule has 7 nitrogen and oxygen atoms in total. The molecule has 0 atom stereocenters. The predicted molar refractivity (Wildman–Crippen MR) is 75.1 cm³/mol. The first kappa shape index (κ1) is 12.7. The van der Waals surface area contributed by atoms with Crippen molar-refractivity contribution in [1.82, 2.24) is 23.3 Å². The van der Waals surface area contributed by atoms with Crippen molar-refractivity contribution < 1.29 is 4.79 Å². The van der Waals surface area contributed by atoms with Crippen LogP contribution < -0.4 is 5.32 Å². The maximum Gasteiger partial charge on any atom is 0.278 e. The third kappa shape index (κ3) is 2.14. The minimum atomic E-state index is -0.311. The lowest BCUT2D eigenvalue weighted by Gasteiger charge is -1.99. The molecule has 20 heavy (non-hydrogen) atoms. The van der Waals surface area contributed by atoms with Crippen LogP contribution in [0.2, 0.25) is 0 Å². The van der Waals surface area contributed by atoms with Crippen molar-refractivity contribution >= 4 is 29.1 Å². The van der Waals surface area contributed by atoms with Crippen LogP contribution in [-0.4, -0.2) is 29.3 Å². The standard InChI is InChI=1S/C12H12N6OS/c1-6-4-7(2)18-10(13-6)5-9(15-18)14-12(19)11-8(3)16-20-17-11/h4-5H,1-3H3,(H,14,15,19). The smallest absolute Gasteiger partial charge is 0.278 e. The van der Waals surface area contributed by atoms with Gasteiger partial charge >= 0.3 is 0 Å². The summed E-state index contributed by atoms with van der Waals surface area (Å²) in [5.41, 5.74) is 3.51. The Morgan fingerprint density at radius 1 is 1.25 bits per heavy atom. The van der Waals surface area contributed by atoms with Crippen molar-refractivity contribution in [2.24, 2.45) is 0 Å². The highest BCUT2D eigenvalue weighted by Gasteiger charge is 2.15. The average molecular weight is 288 g/mol. The first-order valence-corrected chi connectivity index (χ1v) is 6.72. The van der Waals surface area contributed by atoms with E-state index in [2.05, 4.69) is 24.1 Å². The molecule has 1 amide bonds. The van der Waals surface area contributed by atoms with Gasteiger partial charge in [-0.3, -0.25) is 4.79 Å². The Kier molecular flexibility index (Phi) is 2.94. The summed E-state index contributed by atoms with van der Waals surface area (Å²) >= 11 is 1.02. The van der Waals surface area contributed by atoms with Gasteiger partial charge in [-0.25, -0.2) is 9.50 Å². The lowest BCUT2D eigenvalue weighted by atomic mass is 10.3. The number of amides is 1. The van der Waals surface area contributed by atoms with E-state index < -0.39 is 0 Å². The van der Waals surface area contributed by atoms with Crippen molar-refractivity contribution in [2.45, 2.75) is 20.8 Å². The molecule has 0 unspecified atom stereocenters. The number of hydrogen-bond acceptors (Lipinski definition) is 6. The molecule has 0 radical (unpaired) electrons. The second-order valence-electron chi connectivity index (χ2n) is 4.49. The van der Waals surface area contributed by atoms with E-state index in [-0.39, 0.29) is 5.91 Å². The fraction of sp³-hybridized carbons (Fsp3) is 0.250. The van der Waals surface area contributed by atoms with Crippen LogP contribution in [0.15, 0.2) is 12.1 Å². The van der Waals surface area contributed by atoms with Gasteiger partial charge in [-0.15, -0.1) is 5.10 Å². The zero-order chi connectivity index (χ0) is 14.3. The highest BCUT2D eigenvalue weighted by molar-refractivity contribution is 6.99. The SMILES string of the molecule is Cc1cc(C)n2nc(NC(=O)c3nsnc3C)cc2n1. The first-order valence-electron chi connectivity index (χ1n) is 5.99. The number of nitrogens with zero attached hydrogens (tertiary/aromatic N) is 5. The summed E-state index contributed by atoms with van der Waals surface area (Å²) in [5, 5.41) is 7.02. The van der Waals surface area contributed by atoms with Crippen molar-refractivity contribution in [3.05, 3.63) is 34.9 Å². The fourth-order valence-electron chi connectivity index (χ4n) is 1.96. The van der Waals surface area contributed by atoms with Gasteiger partial charge in [0.15, 0.2) is 17.2 Å². The lowest BCUT2D eigenvalue weighted by molar-refractivity contribution is 0.102. The van der Waals surface area contributed by atoms with Crippen LogP contribution in [0.1, 0.15) is 27.6 Å². The second-order valence-corrected chi connectivity index (χ2v) is 5.02. The van der Waals surface area contributed by atoms with Gasteiger partial charge in [-0.05, 0) is 26.8 Å². The van der Waals surface area contributed by atoms with E-state index >= 15 is 0 Å². The molecule has 0 aliphatic carbocycles. The summed E-state index contributed by atoms with van der Waals surface area (Å²) in [6.07, 6.45) is 0. The maximum absolute atomic E-state index is 12.0. The van der Waals surface area contributed by atoms with E-state index in [9.17, 15) is 4.79 Å². The molecule has 0 aromatic carbocycles. The summed E-state index contributed by atoms with van der Waals surface area (Å²) in [5.74, 6) is 0.137. The highest BCUT2D eigenvalue weighted by Crippen LogP contribution is 2.14. The molecule has 0 fully saturated rings. The Morgan fingerprint density at radius 2 is 2.05 bits per heavy atom. The van der Waals surface area contributed by atoms with Crippen molar-refractivity contribution in [1.29, 1.82) is 0 Å². The molecule has 3 aromatic heterocycles. The Bertz CT molecular complexity index is 805. The van der Waals surface area contributed by atoms with E-state index in [1.54, 1.807) is 17.5 Å². The van der Waals surface area contributed by atoms with Crippen LogP contribution in [0.5, 0.6) is 0 Å². The Labute approximate surface area is 119 Å². The summed E-state index contributed by atoms with van der Waals surface area (Å²) in [6.45, 7) is 5.61. The van der Waals surface area contributed by atoms with Crippen molar-refractivity contribution in [3.8, 4) is 0 Å². The molecule has 3 rings (SSSR count).